The lowest BCUT2D eigenvalue weighted by molar-refractivity contribution is 0.318. The van der Waals surface area contributed by atoms with Gasteiger partial charge in [-0.25, -0.2) is 0 Å². The van der Waals surface area contributed by atoms with Crippen molar-refractivity contribution < 1.29 is 4.74 Å². The Morgan fingerprint density at radius 2 is 1.90 bits per heavy atom. The lowest BCUT2D eigenvalue weighted by Crippen LogP contribution is -2.04. The molecule has 3 N–H and O–H groups in total. The maximum absolute atomic E-state index is 6.52. The van der Waals surface area contributed by atoms with E-state index in [9.17, 15) is 0 Å². The number of aromatic nitrogens is 4. The number of aryl methyl sites for hydroxylation is 1. The second kappa shape index (κ2) is 7.63. The van der Waals surface area contributed by atoms with Gasteiger partial charge in [-0.1, -0.05) is 54.1 Å². The van der Waals surface area contributed by atoms with Crippen molar-refractivity contribution >= 4 is 5.69 Å². The Hall–Kier alpha value is -3.67. The normalized spacial score (nSPS) is 15.8. The highest BCUT2D eigenvalue weighted by molar-refractivity contribution is 5.84. The van der Waals surface area contributed by atoms with Crippen LogP contribution in [0.5, 0.6) is 5.75 Å². The number of nitrogens with one attached hydrogen (secondary N) is 1. The lowest BCUT2D eigenvalue weighted by Gasteiger charge is -2.20. The van der Waals surface area contributed by atoms with Gasteiger partial charge >= 0.3 is 0 Å². The third-order valence-corrected chi connectivity index (χ3v) is 5.68. The second-order valence-corrected chi connectivity index (χ2v) is 7.72. The van der Waals surface area contributed by atoms with E-state index >= 15 is 0 Å². The summed E-state index contributed by atoms with van der Waals surface area (Å²) >= 11 is 0. The number of aromatic amines is 1. The first-order chi connectivity index (χ1) is 14.7. The Kier molecular flexibility index (Phi) is 4.67. The van der Waals surface area contributed by atoms with Crippen molar-refractivity contribution in [2.24, 2.45) is 0 Å². The number of nitrogens with zero attached hydrogens (tertiary/aromatic N) is 3. The van der Waals surface area contributed by atoms with Crippen LogP contribution in [0.4, 0.5) is 5.69 Å². The Morgan fingerprint density at radius 1 is 1.03 bits per heavy atom. The molecular weight excluding hydrogens is 374 g/mol. The Morgan fingerprint density at radius 3 is 2.70 bits per heavy atom. The summed E-state index contributed by atoms with van der Waals surface area (Å²) in [7, 11) is 0. The molecule has 0 saturated carbocycles. The van der Waals surface area contributed by atoms with E-state index in [2.05, 4.69) is 70.0 Å². The zero-order valence-electron chi connectivity index (χ0n) is 16.8. The van der Waals surface area contributed by atoms with E-state index in [4.69, 9.17) is 10.5 Å². The van der Waals surface area contributed by atoms with Crippen molar-refractivity contribution in [1.82, 2.24) is 20.6 Å². The summed E-state index contributed by atoms with van der Waals surface area (Å²) in [4.78, 5) is 0. The molecule has 0 spiro atoms. The van der Waals surface area contributed by atoms with Crippen LogP contribution in [0, 0.1) is 6.92 Å². The minimum Gasteiger partial charge on any atom is -0.491 e. The largest absolute Gasteiger partial charge is 0.491 e. The number of H-pyrrole nitrogens is 1. The summed E-state index contributed by atoms with van der Waals surface area (Å²) in [6.45, 7) is 2.75. The monoisotopic (exact) mass is 397 g/mol. The predicted molar refractivity (Wildman–Crippen MR) is 117 cm³/mol. The van der Waals surface area contributed by atoms with Crippen LogP contribution in [0.3, 0.4) is 0 Å². The second-order valence-electron chi connectivity index (χ2n) is 7.72. The van der Waals surface area contributed by atoms with Gasteiger partial charge < -0.3 is 10.5 Å². The average Bonchev–Trinajstić information content (AvgIpc) is 3.21. The molecule has 3 aromatic carbocycles. The molecule has 30 heavy (non-hydrogen) atoms. The number of fused-ring (bicyclic) bond motifs is 1. The van der Waals surface area contributed by atoms with Crippen LogP contribution in [0.1, 0.15) is 35.4 Å². The van der Waals surface area contributed by atoms with Gasteiger partial charge in [-0.3, -0.25) is 0 Å². The number of hydrogen-bond acceptors (Lipinski definition) is 5. The predicted octanol–water partition coefficient (Wildman–Crippen LogP) is 4.73. The Labute approximate surface area is 175 Å². The molecule has 1 aliphatic rings. The fourth-order valence-corrected chi connectivity index (χ4v) is 4.27. The highest BCUT2D eigenvalue weighted by atomic mass is 16.5. The molecule has 1 atom stereocenters. The number of benzene rings is 3. The van der Waals surface area contributed by atoms with Gasteiger partial charge in [0, 0.05) is 17.0 Å². The summed E-state index contributed by atoms with van der Waals surface area (Å²) in [5, 5.41) is 14.6. The van der Waals surface area contributed by atoms with E-state index in [0.717, 1.165) is 46.4 Å². The summed E-state index contributed by atoms with van der Waals surface area (Å²) < 4.78 is 6.08. The van der Waals surface area contributed by atoms with E-state index in [1.807, 2.05) is 18.2 Å². The van der Waals surface area contributed by atoms with Crippen LogP contribution in [0.2, 0.25) is 0 Å². The molecule has 4 aromatic rings. The Bertz CT molecular complexity index is 1170. The molecule has 0 radical (unpaired) electrons. The molecule has 2 heterocycles. The van der Waals surface area contributed by atoms with Gasteiger partial charge in [-0.2, -0.15) is 5.21 Å². The first kappa shape index (κ1) is 18.4. The van der Waals surface area contributed by atoms with E-state index in [1.54, 1.807) is 0 Å². The number of rotatable bonds is 3. The number of nitrogens with two attached hydrogens (primary N) is 1. The van der Waals surface area contributed by atoms with Gasteiger partial charge in [-0.15, -0.1) is 10.2 Å². The van der Waals surface area contributed by atoms with Crippen molar-refractivity contribution in [2.45, 2.75) is 25.7 Å². The molecule has 0 amide bonds. The molecule has 150 valence electrons. The first-order valence-corrected chi connectivity index (χ1v) is 10.2. The molecule has 0 saturated heterocycles. The van der Waals surface area contributed by atoms with Gasteiger partial charge in [0.15, 0.2) is 0 Å². The molecule has 5 rings (SSSR count). The molecule has 1 aromatic heterocycles. The van der Waals surface area contributed by atoms with Gasteiger partial charge in [0.25, 0.3) is 0 Å². The average molecular weight is 397 g/mol. The topological polar surface area (TPSA) is 89.7 Å². The summed E-state index contributed by atoms with van der Waals surface area (Å²) in [6, 6.07) is 21.0. The van der Waals surface area contributed by atoms with Gasteiger partial charge in [-0.05, 0) is 53.8 Å². The van der Waals surface area contributed by atoms with Gasteiger partial charge in [0.1, 0.15) is 5.75 Å². The maximum atomic E-state index is 6.52. The summed E-state index contributed by atoms with van der Waals surface area (Å²) in [5.41, 5.74) is 13.7. The molecule has 0 bridgehead atoms. The van der Waals surface area contributed by atoms with Crippen LogP contribution >= 0.6 is 0 Å². The summed E-state index contributed by atoms with van der Waals surface area (Å²) in [6.07, 6.45) is 2.01. The van der Waals surface area contributed by atoms with Crippen molar-refractivity contribution in [1.29, 1.82) is 0 Å². The van der Waals surface area contributed by atoms with Crippen LogP contribution in [0.25, 0.3) is 22.5 Å². The standard InChI is InChI=1S/C24H23N5O/c1-15-9-10-19(24-26-28-29-27-24)20(12-15)17-13-21-18(16-6-3-2-4-7-16)8-5-11-30-23(21)22(25)14-17/h2-4,6-7,9-10,12-14,18H,5,8,11,25H2,1H3,(H,26,27,28,29). The van der Waals surface area contributed by atoms with Crippen LogP contribution < -0.4 is 10.5 Å². The molecule has 1 unspecified atom stereocenters. The number of nitrogen functional groups attached to an aromatic ring is 1. The fourth-order valence-electron chi connectivity index (χ4n) is 4.27. The van der Waals surface area contributed by atoms with Crippen molar-refractivity contribution in [3.63, 3.8) is 0 Å². The number of anilines is 1. The maximum Gasteiger partial charge on any atom is 0.205 e. The molecule has 0 aliphatic carbocycles. The molecular formula is C24H23N5O. The minimum atomic E-state index is 0.240. The third kappa shape index (κ3) is 3.30. The fraction of sp³-hybridized carbons (Fsp3) is 0.208. The van der Waals surface area contributed by atoms with E-state index in [-0.39, 0.29) is 5.92 Å². The number of ether oxygens (including phenoxy) is 1. The van der Waals surface area contributed by atoms with Crippen LogP contribution in [-0.2, 0) is 0 Å². The number of hydrogen-bond donors (Lipinski definition) is 2. The Balaban J connectivity index is 1.71. The SMILES string of the molecule is Cc1ccc(-c2nn[nH]n2)c(-c2cc(N)c3c(c2)C(c2ccccc2)CCCO3)c1. The highest BCUT2D eigenvalue weighted by Crippen LogP contribution is 2.44. The van der Waals surface area contributed by atoms with Gasteiger partial charge in [0.05, 0.1) is 12.3 Å². The third-order valence-electron chi connectivity index (χ3n) is 5.68. The first-order valence-electron chi connectivity index (χ1n) is 10.2. The molecule has 6 nitrogen and oxygen atoms in total. The zero-order chi connectivity index (χ0) is 20.5. The van der Waals surface area contributed by atoms with Crippen LogP contribution in [0.15, 0.2) is 60.7 Å². The van der Waals surface area contributed by atoms with Crippen molar-refractivity contribution in [2.75, 3.05) is 12.3 Å². The molecule has 6 heteroatoms. The number of tetrazole rings is 1. The van der Waals surface area contributed by atoms with E-state index < -0.39 is 0 Å². The van der Waals surface area contributed by atoms with Crippen molar-refractivity contribution in [3.8, 4) is 28.3 Å². The van der Waals surface area contributed by atoms with Crippen LogP contribution in [-0.4, -0.2) is 27.2 Å². The quantitative estimate of drug-likeness (QED) is 0.488. The smallest absolute Gasteiger partial charge is 0.205 e. The van der Waals surface area contributed by atoms with Crippen molar-refractivity contribution in [3.05, 3.63) is 77.4 Å². The molecule has 1 aliphatic heterocycles. The highest BCUT2D eigenvalue weighted by Gasteiger charge is 2.25. The van der Waals surface area contributed by atoms with E-state index in [0.29, 0.717) is 18.1 Å². The zero-order valence-corrected chi connectivity index (χ0v) is 16.8. The lowest BCUT2D eigenvalue weighted by atomic mass is 9.85. The van der Waals surface area contributed by atoms with E-state index in [1.165, 1.54) is 5.56 Å². The molecule has 0 fully saturated rings. The summed E-state index contributed by atoms with van der Waals surface area (Å²) in [5.74, 6) is 1.61. The van der Waals surface area contributed by atoms with Gasteiger partial charge in [0.2, 0.25) is 5.82 Å². The minimum absolute atomic E-state index is 0.240.